The lowest BCUT2D eigenvalue weighted by atomic mass is 9.72. The molecule has 5 rings (SSSR count). The first kappa shape index (κ1) is 13.2. The lowest BCUT2D eigenvalue weighted by Crippen LogP contribution is -2.45. The largest absolute Gasteiger partial charge is 0.460 e. The van der Waals surface area contributed by atoms with Gasteiger partial charge in [-0.05, 0) is 43.0 Å². The third kappa shape index (κ3) is 1.63. The number of rotatable bonds is 1. The van der Waals surface area contributed by atoms with Crippen molar-refractivity contribution in [1.29, 1.82) is 0 Å². The molecule has 2 aromatic carbocycles. The maximum atomic E-state index is 6.38. The van der Waals surface area contributed by atoms with Crippen molar-refractivity contribution in [2.75, 3.05) is 11.9 Å². The Balaban J connectivity index is 1.82. The molecule has 2 aliphatic rings. The molecule has 23 heavy (non-hydrogen) atoms. The number of anilines is 1. The van der Waals surface area contributed by atoms with E-state index in [1.165, 1.54) is 22.2 Å². The number of para-hydroxylation sites is 2. The number of aryl methyl sites for hydroxylation is 1. The highest BCUT2D eigenvalue weighted by Crippen LogP contribution is 2.53. The van der Waals surface area contributed by atoms with Gasteiger partial charge in [-0.3, -0.25) is 0 Å². The van der Waals surface area contributed by atoms with Gasteiger partial charge in [0.05, 0.1) is 0 Å². The number of fused-ring (bicyclic) bond motifs is 4. The first-order valence-electron chi connectivity index (χ1n) is 8.27. The van der Waals surface area contributed by atoms with Crippen LogP contribution >= 0.6 is 0 Å². The summed E-state index contributed by atoms with van der Waals surface area (Å²) in [4.78, 5) is 0. The van der Waals surface area contributed by atoms with Gasteiger partial charge >= 0.3 is 0 Å². The van der Waals surface area contributed by atoms with Crippen LogP contribution in [0.1, 0.15) is 29.7 Å². The summed E-state index contributed by atoms with van der Waals surface area (Å²) in [7, 11) is 0. The SMILES string of the molecule is Cc1c([C@@]23CCCO[C@@H]2Nc2ccccc23)oc2ccccc12. The van der Waals surface area contributed by atoms with Gasteiger partial charge in [0.1, 0.15) is 23.0 Å². The zero-order valence-corrected chi connectivity index (χ0v) is 13.1. The summed E-state index contributed by atoms with van der Waals surface area (Å²) in [6.07, 6.45) is 2.04. The van der Waals surface area contributed by atoms with Crippen LogP contribution in [0.4, 0.5) is 5.69 Å². The summed E-state index contributed by atoms with van der Waals surface area (Å²) in [6, 6.07) is 16.8. The molecule has 3 heteroatoms. The summed E-state index contributed by atoms with van der Waals surface area (Å²) in [5.74, 6) is 1.06. The highest BCUT2D eigenvalue weighted by Gasteiger charge is 2.53. The molecular weight excluding hydrogens is 286 g/mol. The van der Waals surface area contributed by atoms with E-state index in [9.17, 15) is 0 Å². The molecule has 0 amide bonds. The molecule has 3 aromatic rings. The van der Waals surface area contributed by atoms with E-state index in [4.69, 9.17) is 9.15 Å². The standard InChI is InChI=1S/C20H19NO2/c1-13-14-7-2-5-10-17(14)23-18(13)20-11-6-12-22-19(20)21-16-9-4-3-8-15(16)20/h2-5,7-10,19,21H,6,11-12H2,1H3/t19-,20-/m0/s1. The molecule has 1 fully saturated rings. The predicted octanol–water partition coefficient (Wildman–Crippen LogP) is 4.59. The van der Waals surface area contributed by atoms with Crippen molar-refractivity contribution in [3.8, 4) is 0 Å². The van der Waals surface area contributed by atoms with Crippen LogP contribution in [0.25, 0.3) is 11.0 Å². The number of hydrogen-bond acceptors (Lipinski definition) is 3. The van der Waals surface area contributed by atoms with Crippen LogP contribution in [0.3, 0.4) is 0 Å². The van der Waals surface area contributed by atoms with Gasteiger partial charge in [-0.1, -0.05) is 36.4 Å². The zero-order valence-electron chi connectivity index (χ0n) is 13.1. The highest BCUT2D eigenvalue weighted by molar-refractivity contribution is 5.83. The maximum Gasteiger partial charge on any atom is 0.144 e. The van der Waals surface area contributed by atoms with Crippen molar-refractivity contribution >= 4 is 16.7 Å². The fourth-order valence-electron chi connectivity index (χ4n) is 4.36. The molecule has 0 radical (unpaired) electrons. The Bertz CT molecular complexity index is 898. The van der Waals surface area contributed by atoms with Crippen molar-refractivity contribution < 1.29 is 9.15 Å². The lowest BCUT2D eigenvalue weighted by molar-refractivity contribution is -0.0125. The Hall–Kier alpha value is -2.26. The Morgan fingerprint density at radius 2 is 1.91 bits per heavy atom. The molecule has 0 spiro atoms. The number of nitrogens with one attached hydrogen (secondary N) is 1. The van der Waals surface area contributed by atoms with Crippen molar-refractivity contribution in [2.24, 2.45) is 0 Å². The van der Waals surface area contributed by atoms with Crippen LogP contribution in [0.5, 0.6) is 0 Å². The fraction of sp³-hybridized carbons (Fsp3) is 0.300. The molecule has 116 valence electrons. The van der Waals surface area contributed by atoms with Crippen LogP contribution in [0.2, 0.25) is 0 Å². The molecule has 0 aliphatic carbocycles. The van der Waals surface area contributed by atoms with E-state index in [2.05, 4.69) is 54.7 Å². The van der Waals surface area contributed by atoms with Crippen LogP contribution in [-0.4, -0.2) is 12.8 Å². The average Bonchev–Trinajstić information content (AvgIpc) is 3.11. The molecule has 3 heterocycles. The van der Waals surface area contributed by atoms with E-state index < -0.39 is 0 Å². The maximum absolute atomic E-state index is 6.38. The number of hydrogen-bond donors (Lipinski definition) is 1. The predicted molar refractivity (Wildman–Crippen MR) is 90.8 cm³/mol. The van der Waals surface area contributed by atoms with Gasteiger partial charge in [0.25, 0.3) is 0 Å². The summed E-state index contributed by atoms with van der Waals surface area (Å²) in [5.41, 5.74) is 4.43. The normalized spacial score (nSPS) is 25.9. The topological polar surface area (TPSA) is 34.4 Å². The van der Waals surface area contributed by atoms with Crippen molar-refractivity contribution in [2.45, 2.75) is 31.4 Å². The second-order valence-corrected chi connectivity index (χ2v) is 6.57. The first-order chi connectivity index (χ1) is 11.3. The Morgan fingerprint density at radius 1 is 1.09 bits per heavy atom. The van der Waals surface area contributed by atoms with E-state index >= 15 is 0 Å². The average molecular weight is 305 g/mol. The molecule has 0 unspecified atom stereocenters. The molecule has 0 saturated carbocycles. The van der Waals surface area contributed by atoms with Crippen molar-refractivity contribution in [3.63, 3.8) is 0 Å². The van der Waals surface area contributed by atoms with Gasteiger partial charge in [-0.25, -0.2) is 0 Å². The summed E-state index contributed by atoms with van der Waals surface area (Å²) >= 11 is 0. The van der Waals surface area contributed by atoms with Crippen LogP contribution in [0.15, 0.2) is 52.9 Å². The van der Waals surface area contributed by atoms with Crippen LogP contribution in [0, 0.1) is 6.92 Å². The van der Waals surface area contributed by atoms with Crippen LogP contribution < -0.4 is 5.32 Å². The molecule has 3 nitrogen and oxygen atoms in total. The van der Waals surface area contributed by atoms with Gasteiger partial charge in [-0.15, -0.1) is 0 Å². The quantitative estimate of drug-likeness (QED) is 0.714. The van der Waals surface area contributed by atoms with Gasteiger partial charge in [0.2, 0.25) is 0 Å². The minimum Gasteiger partial charge on any atom is -0.460 e. The molecule has 0 bridgehead atoms. The van der Waals surface area contributed by atoms with Crippen molar-refractivity contribution in [1.82, 2.24) is 0 Å². The summed E-state index contributed by atoms with van der Waals surface area (Å²) in [5, 5.41) is 4.76. The molecule has 2 aliphatic heterocycles. The Labute approximate surface area is 135 Å². The smallest absolute Gasteiger partial charge is 0.144 e. The lowest BCUT2D eigenvalue weighted by Gasteiger charge is -2.38. The molecular formula is C20H19NO2. The van der Waals surface area contributed by atoms with E-state index in [1.54, 1.807) is 0 Å². The Morgan fingerprint density at radius 3 is 2.83 bits per heavy atom. The fourth-order valence-corrected chi connectivity index (χ4v) is 4.36. The number of benzene rings is 2. The summed E-state index contributed by atoms with van der Waals surface area (Å²) < 4.78 is 12.5. The Kier molecular flexibility index (Phi) is 2.65. The third-order valence-corrected chi connectivity index (χ3v) is 5.39. The number of furan rings is 1. The second-order valence-electron chi connectivity index (χ2n) is 6.57. The minimum absolute atomic E-state index is 0.0482. The molecule has 1 saturated heterocycles. The molecule has 1 aromatic heterocycles. The van der Waals surface area contributed by atoms with E-state index in [0.717, 1.165) is 30.8 Å². The summed E-state index contributed by atoms with van der Waals surface area (Å²) in [6.45, 7) is 2.97. The first-order valence-corrected chi connectivity index (χ1v) is 8.27. The second kappa shape index (κ2) is 4.62. The molecule has 2 atom stereocenters. The van der Waals surface area contributed by atoms with Gasteiger partial charge in [0, 0.05) is 17.7 Å². The van der Waals surface area contributed by atoms with E-state index in [-0.39, 0.29) is 11.6 Å². The van der Waals surface area contributed by atoms with Crippen LogP contribution in [-0.2, 0) is 10.2 Å². The minimum atomic E-state index is -0.224. The van der Waals surface area contributed by atoms with Gasteiger partial charge in [-0.2, -0.15) is 0 Å². The van der Waals surface area contributed by atoms with E-state index in [0.29, 0.717) is 0 Å². The number of ether oxygens (including phenoxy) is 1. The zero-order chi connectivity index (χ0) is 15.4. The van der Waals surface area contributed by atoms with Crippen molar-refractivity contribution in [3.05, 3.63) is 65.4 Å². The van der Waals surface area contributed by atoms with E-state index in [1.807, 2.05) is 6.07 Å². The van der Waals surface area contributed by atoms with Gasteiger partial charge in [0.15, 0.2) is 0 Å². The monoisotopic (exact) mass is 305 g/mol. The third-order valence-electron chi connectivity index (χ3n) is 5.39. The van der Waals surface area contributed by atoms with Gasteiger partial charge < -0.3 is 14.5 Å². The molecule has 1 N–H and O–H groups in total. The highest BCUT2D eigenvalue weighted by atomic mass is 16.5.